The van der Waals surface area contributed by atoms with Crippen LogP contribution >= 0.6 is 0 Å². The van der Waals surface area contributed by atoms with Crippen molar-refractivity contribution in [1.82, 2.24) is 14.9 Å². The van der Waals surface area contributed by atoms with E-state index in [-0.39, 0.29) is 0 Å². The zero-order valence-corrected chi connectivity index (χ0v) is 12.5. The first-order valence-electron chi connectivity index (χ1n) is 7.38. The van der Waals surface area contributed by atoms with Crippen LogP contribution in [-0.4, -0.2) is 42.1 Å². The van der Waals surface area contributed by atoms with Gasteiger partial charge in [-0.25, -0.2) is 9.97 Å². The first kappa shape index (κ1) is 14.8. The van der Waals surface area contributed by atoms with Crippen molar-refractivity contribution in [3.05, 3.63) is 18.5 Å². The standard InChI is InChI=1S/C16H24N4/c1-20(2)12-3-5-14-6-8-15(9-7-14)13-19-16-17-10-4-11-18-16/h4,10-11,14-15H,6-9,12-13H2,1-2H3,(H,17,18,19). The monoisotopic (exact) mass is 272 g/mol. The van der Waals surface area contributed by atoms with Crippen molar-refractivity contribution in [3.63, 3.8) is 0 Å². The van der Waals surface area contributed by atoms with Gasteiger partial charge in [0.15, 0.2) is 0 Å². The van der Waals surface area contributed by atoms with E-state index in [0.29, 0.717) is 5.92 Å². The zero-order valence-electron chi connectivity index (χ0n) is 12.5. The van der Waals surface area contributed by atoms with Crippen molar-refractivity contribution >= 4 is 5.95 Å². The highest BCUT2D eigenvalue weighted by atomic mass is 15.1. The fourth-order valence-electron chi connectivity index (χ4n) is 2.49. The maximum absolute atomic E-state index is 4.19. The molecule has 0 unspecified atom stereocenters. The second-order valence-electron chi connectivity index (χ2n) is 5.73. The molecule has 0 saturated heterocycles. The van der Waals surface area contributed by atoms with Gasteiger partial charge in [0.1, 0.15) is 0 Å². The van der Waals surface area contributed by atoms with Gasteiger partial charge in [-0.2, -0.15) is 0 Å². The molecule has 4 nitrogen and oxygen atoms in total. The van der Waals surface area contributed by atoms with Gasteiger partial charge in [-0.3, -0.25) is 4.90 Å². The highest BCUT2D eigenvalue weighted by Gasteiger charge is 2.19. The van der Waals surface area contributed by atoms with Gasteiger partial charge in [0.05, 0.1) is 6.54 Å². The van der Waals surface area contributed by atoms with Crippen LogP contribution in [0.25, 0.3) is 0 Å². The van der Waals surface area contributed by atoms with Gasteiger partial charge in [-0.1, -0.05) is 11.8 Å². The summed E-state index contributed by atoms with van der Waals surface area (Å²) in [5.41, 5.74) is 0. The van der Waals surface area contributed by atoms with E-state index in [1.165, 1.54) is 25.7 Å². The Labute approximate surface area is 122 Å². The van der Waals surface area contributed by atoms with Gasteiger partial charge < -0.3 is 5.32 Å². The molecule has 1 saturated carbocycles. The lowest BCUT2D eigenvalue weighted by Gasteiger charge is -2.25. The number of nitrogens with one attached hydrogen (secondary N) is 1. The first-order chi connectivity index (χ1) is 9.74. The molecular weight excluding hydrogens is 248 g/mol. The van der Waals surface area contributed by atoms with Crippen LogP contribution in [0.3, 0.4) is 0 Å². The molecule has 4 heteroatoms. The molecule has 108 valence electrons. The Morgan fingerprint density at radius 3 is 2.55 bits per heavy atom. The highest BCUT2D eigenvalue weighted by molar-refractivity contribution is 5.22. The first-order valence-corrected chi connectivity index (χ1v) is 7.38. The quantitative estimate of drug-likeness (QED) is 0.854. The Hall–Kier alpha value is -1.60. The topological polar surface area (TPSA) is 41.0 Å². The average Bonchev–Trinajstić information content (AvgIpc) is 2.47. The number of hydrogen-bond acceptors (Lipinski definition) is 4. The fraction of sp³-hybridized carbons (Fsp3) is 0.625. The molecule has 1 aromatic rings. The molecule has 1 aliphatic carbocycles. The van der Waals surface area contributed by atoms with Gasteiger partial charge in [0.2, 0.25) is 5.95 Å². The fourth-order valence-corrected chi connectivity index (χ4v) is 2.49. The number of anilines is 1. The SMILES string of the molecule is CN(C)CC#CC1CCC(CNc2ncccn2)CC1. The van der Waals surface area contributed by atoms with E-state index in [0.717, 1.165) is 25.0 Å². The summed E-state index contributed by atoms with van der Waals surface area (Å²) in [6, 6.07) is 1.84. The maximum atomic E-state index is 4.19. The number of hydrogen-bond donors (Lipinski definition) is 1. The summed E-state index contributed by atoms with van der Waals surface area (Å²) < 4.78 is 0. The summed E-state index contributed by atoms with van der Waals surface area (Å²) in [5, 5.41) is 3.32. The summed E-state index contributed by atoms with van der Waals surface area (Å²) in [5.74, 6) is 8.74. The molecule has 20 heavy (non-hydrogen) atoms. The van der Waals surface area contributed by atoms with E-state index in [9.17, 15) is 0 Å². The summed E-state index contributed by atoms with van der Waals surface area (Å²) in [4.78, 5) is 10.5. The highest BCUT2D eigenvalue weighted by Crippen LogP contribution is 2.28. The van der Waals surface area contributed by atoms with Crippen LogP contribution in [0.15, 0.2) is 18.5 Å². The Kier molecular flexibility index (Phi) is 5.82. The Morgan fingerprint density at radius 2 is 1.90 bits per heavy atom. The van der Waals surface area contributed by atoms with Crippen LogP contribution in [0.2, 0.25) is 0 Å². The third-order valence-electron chi connectivity index (χ3n) is 3.66. The summed E-state index contributed by atoms with van der Waals surface area (Å²) in [6.45, 7) is 1.84. The van der Waals surface area contributed by atoms with E-state index in [1.54, 1.807) is 12.4 Å². The van der Waals surface area contributed by atoms with E-state index in [2.05, 4.69) is 46.1 Å². The molecule has 1 heterocycles. The van der Waals surface area contributed by atoms with E-state index in [4.69, 9.17) is 0 Å². The van der Waals surface area contributed by atoms with Crippen LogP contribution in [-0.2, 0) is 0 Å². The number of nitrogens with zero attached hydrogens (tertiary/aromatic N) is 3. The van der Waals surface area contributed by atoms with Crippen molar-refractivity contribution in [3.8, 4) is 11.8 Å². The van der Waals surface area contributed by atoms with Crippen LogP contribution < -0.4 is 5.32 Å². The lowest BCUT2D eigenvalue weighted by Crippen LogP contribution is -2.21. The molecule has 0 bridgehead atoms. The van der Waals surface area contributed by atoms with Gasteiger partial charge in [-0.15, -0.1) is 0 Å². The minimum atomic E-state index is 0.596. The third-order valence-corrected chi connectivity index (χ3v) is 3.66. The summed E-state index contributed by atoms with van der Waals surface area (Å²) in [7, 11) is 4.12. The molecular formula is C16H24N4. The largest absolute Gasteiger partial charge is 0.354 e. The predicted molar refractivity (Wildman–Crippen MR) is 82.3 cm³/mol. The van der Waals surface area contributed by atoms with E-state index in [1.807, 2.05) is 6.07 Å². The molecule has 0 aliphatic heterocycles. The van der Waals surface area contributed by atoms with Gasteiger partial charge >= 0.3 is 0 Å². The molecule has 0 amide bonds. The summed E-state index contributed by atoms with van der Waals surface area (Å²) >= 11 is 0. The van der Waals surface area contributed by atoms with Crippen molar-refractivity contribution in [2.45, 2.75) is 25.7 Å². The molecule has 1 fully saturated rings. The van der Waals surface area contributed by atoms with Crippen LogP contribution in [0.5, 0.6) is 0 Å². The van der Waals surface area contributed by atoms with Crippen molar-refractivity contribution in [2.75, 3.05) is 32.5 Å². The van der Waals surface area contributed by atoms with Crippen molar-refractivity contribution in [1.29, 1.82) is 0 Å². The zero-order chi connectivity index (χ0) is 14.2. The number of rotatable bonds is 4. The molecule has 1 aliphatic rings. The van der Waals surface area contributed by atoms with Gasteiger partial charge in [0.25, 0.3) is 0 Å². The van der Waals surface area contributed by atoms with Crippen LogP contribution in [0, 0.1) is 23.7 Å². The third kappa shape index (κ3) is 5.18. The second-order valence-corrected chi connectivity index (χ2v) is 5.73. The van der Waals surface area contributed by atoms with E-state index < -0.39 is 0 Å². The Morgan fingerprint density at radius 1 is 1.20 bits per heavy atom. The van der Waals surface area contributed by atoms with Crippen molar-refractivity contribution < 1.29 is 0 Å². The smallest absolute Gasteiger partial charge is 0.222 e. The molecule has 0 spiro atoms. The Bertz CT molecular complexity index is 439. The average molecular weight is 272 g/mol. The predicted octanol–water partition coefficient (Wildman–Crippen LogP) is 2.26. The summed E-state index contributed by atoms with van der Waals surface area (Å²) in [6.07, 6.45) is 8.49. The van der Waals surface area contributed by atoms with E-state index >= 15 is 0 Å². The number of aromatic nitrogens is 2. The molecule has 1 aromatic heterocycles. The lowest BCUT2D eigenvalue weighted by molar-refractivity contribution is 0.328. The van der Waals surface area contributed by atoms with Gasteiger partial charge in [0, 0.05) is 24.9 Å². The molecule has 1 N–H and O–H groups in total. The minimum absolute atomic E-state index is 0.596. The van der Waals surface area contributed by atoms with Crippen molar-refractivity contribution in [2.24, 2.45) is 11.8 Å². The Balaban J connectivity index is 1.67. The van der Waals surface area contributed by atoms with Gasteiger partial charge in [-0.05, 0) is 51.8 Å². The maximum Gasteiger partial charge on any atom is 0.222 e. The van der Waals surface area contributed by atoms with Crippen LogP contribution in [0.1, 0.15) is 25.7 Å². The lowest BCUT2D eigenvalue weighted by atomic mass is 9.82. The molecule has 0 aromatic carbocycles. The molecule has 0 radical (unpaired) electrons. The molecule has 0 atom stereocenters. The normalized spacial score (nSPS) is 22.1. The molecule has 2 rings (SSSR count). The second kappa shape index (κ2) is 7.86. The minimum Gasteiger partial charge on any atom is -0.354 e. The van der Waals surface area contributed by atoms with Crippen LogP contribution in [0.4, 0.5) is 5.95 Å².